The molecule has 5 aromatic rings. The summed E-state index contributed by atoms with van der Waals surface area (Å²) in [5.41, 5.74) is 4.50. The van der Waals surface area contributed by atoms with E-state index in [0.717, 1.165) is 39.5 Å². The molecule has 2 N–H and O–H groups in total. The van der Waals surface area contributed by atoms with Crippen molar-refractivity contribution in [2.24, 2.45) is 0 Å². The summed E-state index contributed by atoms with van der Waals surface area (Å²) in [6.45, 7) is 1.96. The number of halogens is 2. The molecule has 0 saturated carbocycles. The minimum atomic E-state index is -2.51. The normalized spacial score (nSPS) is 12.1. The maximum atomic E-state index is 13.5. The number of amides is 1. The highest BCUT2D eigenvalue weighted by Crippen LogP contribution is 2.29. The van der Waals surface area contributed by atoms with Gasteiger partial charge in [0.2, 0.25) is 12.3 Å². The molecular formula is C30H29F2N5O2S. The number of rotatable bonds is 11. The lowest BCUT2D eigenvalue weighted by Gasteiger charge is -2.20. The van der Waals surface area contributed by atoms with Crippen LogP contribution in [0.4, 0.5) is 8.78 Å². The van der Waals surface area contributed by atoms with Gasteiger partial charge in [0.15, 0.2) is 11.0 Å². The van der Waals surface area contributed by atoms with Crippen molar-refractivity contribution in [1.29, 1.82) is 0 Å². The highest BCUT2D eigenvalue weighted by atomic mass is 32.2. The van der Waals surface area contributed by atoms with Crippen molar-refractivity contribution >= 4 is 28.6 Å². The number of benzene rings is 3. The van der Waals surface area contributed by atoms with E-state index in [1.54, 1.807) is 23.8 Å². The van der Waals surface area contributed by atoms with Crippen LogP contribution in [0.2, 0.25) is 0 Å². The summed E-state index contributed by atoms with van der Waals surface area (Å²) in [6, 6.07) is 24.2. The van der Waals surface area contributed by atoms with Crippen LogP contribution in [0.15, 0.2) is 84.0 Å². The number of aromatic nitrogens is 4. The number of fused-ring (bicyclic) bond motifs is 1. The Kier molecular flexibility index (Phi) is 8.45. The third-order valence-electron chi connectivity index (χ3n) is 6.62. The number of hydrogen-bond donors (Lipinski definition) is 2. The number of nitrogens with zero attached hydrogens (tertiary/aromatic N) is 3. The summed E-state index contributed by atoms with van der Waals surface area (Å²) in [4.78, 5) is 16.9. The smallest absolute Gasteiger partial charge is 0.248 e. The molecule has 2 aromatic heterocycles. The predicted octanol–water partition coefficient (Wildman–Crippen LogP) is 6.07. The van der Waals surface area contributed by atoms with E-state index in [4.69, 9.17) is 4.74 Å². The van der Waals surface area contributed by atoms with Gasteiger partial charge in [0.1, 0.15) is 5.75 Å². The number of nitrogens with one attached hydrogen (secondary N) is 2. The Bertz CT molecular complexity index is 1590. The fourth-order valence-corrected chi connectivity index (χ4v) is 5.44. The number of aryl methyl sites for hydroxylation is 1. The fourth-order valence-electron chi connectivity index (χ4n) is 4.74. The minimum absolute atomic E-state index is 0.171. The number of thioether (sulfide) groups is 1. The van der Waals surface area contributed by atoms with Crippen LogP contribution in [-0.2, 0) is 17.6 Å². The molecule has 10 heteroatoms. The summed E-state index contributed by atoms with van der Waals surface area (Å²) >= 11 is 0.922. The Labute approximate surface area is 235 Å². The Hall–Kier alpha value is -4.18. The SMILES string of the molecule is COc1ccc(-n2c(SCC(F)F)nnc2[C@H](Cc2ccccc2)NC(=O)Cc2c(C)[nH]c3ccccc23)cc1. The molecule has 1 atom stereocenters. The van der Waals surface area contributed by atoms with E-state index >= 15 is 0 Å². The maximum Gasteiger partial charge on any atom is 0.248 e. The molecule has 0 radical (unpaired) electrons. The topological polar surface area (TPSA) is 84.8 Å². The van der Waals surface area contributed by atoms with Gasteiger partial charge in [-0.1, -0.05) is 60.3 Å². The molecule has 5 rings (SSSR count). The molecule has 3 aromatic carbocycles. The van der Waals surface area contributed by atoms with Gasteiger partial charge in [0.05, 0.1) is 25.3 Å². The number of methoxy groups -OCH3 is 1. The van der Waals surface area contributed by atoms with E-state index in [1.807, 2.05) is 73.7 Å². The van der Waals surface area contributed by atoms with E-state index in [1.165, 1.54) is 0 Å². The number of alkyl halides is 2. The van der Waals surface area contributed by atoms with Crippen LogP contribution < -0.4 is 10.1 Å². The van der Waals surface area contributed by atoms with Crippen LogP contribution in [0.1, 0.15) is 28.7 Å². The second-order valence-corrected chi connectivity index (χ2v) is 10.3. The lowest BCUT2D eigenvalue weighted by Crippen LogP contribution is -2.33. The number of para-hydroxylation sites is 1. The largest absolute Gasteiger partial charge is 0.497 e. The van der Waals surface area contributed by atoms with Crippen molar-refractivity contribution in [1.82, 2.24) is 25.1 Å². The highest BCUT2D eigenvalue weighted by molar-refractivity contribution is 7.99. The molecule has 0 spiro atoms. The summed E-state index contributed by atoms with van der Waals surface area (Å²) < 4.78 is 33.3. The van der Waals surface area contributed by atoms with E-state index in [0.29, 0.717) is 28.8 Å². The molecule has 206 valence electrons. The molecule has 40 heavy (non-hydrogen) atoms. The zero-order valence-corrected chi connectivity index (χ0v) is 22.9. The molecule has 0 unspecified atom stereocenters. The van der Waals surface area contributed by atoms with Crippen LogP contribution in [0.3, 0.4) is 0 Å². The van der Waals surface area contributed by atoms with Gasteiger partial charge in [0.25, 0.3) is 0 Å². The van der Waals surface area contributed by atoms with E-state index in [9.17, 15) is 13.6 Å². The number of ether oxygens (including phenoxy) is 1. The monoisotopic (exact) mass is 561 g/mol. The Morgan fingerprint density at radius 2 is 1.75 bits per heavy atom. The van der Waals surface area contributed by atoms with Crippen LogP contribution in [0, 0.1) is 6.92 Å². The number of H-pyrrole nitrogens is 1. The standard InChI is InChI=1S/C30H29F2N5O2S/c1-19-24(23-10-6-7-11-25(23)33-19)17-28(38)34-26(16-20-8-4-3-5-9-20)29-35-36-30(40-18-27(31)32)37(29)21-12-14-22(39-2)15-13-21/h3-15,26-27,33H,16-18H2,1-2H3,(H,34,38)/t26-/m0/s1. The first-order chi connectivity index (χ1) is 19.4. The van der Waals surface area contributed by atoms with Crippen molar-refractivity contribution in [3.8, 4) is 11.4 Å². The van der Waals surface area contributed by atoms with Crippen molar-refractivity contribution in [2.75, 3.05) is 12.9 Å². The van der Waals surface area contributed by atoms with Gasteiger partial charge in [-0.3, -0.25) is 9.36 Å². The molecular weight excluding hydrogens is 532 g/mol. The van der Waals surface area contributed by atoms with E-state index in [2.05, 4.69) is 20.5 Å². The maximum absolute atomic E-state index is 13.5. The fraction of sp³-hybridized carbons (Fsp3) is 0.233. The van der Waals surface area contributed by atoms with Crippen LogP contribution in [0.25, 0.3) is 16.6 Å². The minimum Gasteiger partial charge on any atom is -0.497 e. The predicted molar refractivity (Wildman–Crippen MR) is 152 cm³/mol. The first-order valence-electron chi connectivity index (χ1n) is 12.8. The van der Waals surface area contributed by atoms with Crippen LogP contribution in [0.5, 0.6) is 5.75 Å². The molecule has 1 amide bonds. The Morgan fingerprint density at radius 1 is 1.02 bits per heavy atom. The number of carbonyl (C=O) groups excluding carboxylic acids is 1. The summed E-state index contributed by atoms with van der Waals surface area (Å²) in [7, 11) is 1.57. The van der Waals surface area contributed by atoms with Crippen molar-refractivity contribution in [3.05, 3.63) is 102 Å². The number of aromatic amines is 1. The van der Waals surface area contributed by atoms with Gasteiger partial charge < -0.3 is 15.0 Å². The van der Waals surface area contributed by atoms with E-state index < -0.39 is 18.2 Å². The van der Waals surface area contributed by atoms with Gasteiger partial charge in [-0.25, -0.2) is 8.78 Å². The van der Waals surface area contributed by atoms with Crippen molar-refractivity contribution in [2.45, 2.75) is 37.4 Å². The molecule has 0 bridgehead atoms. The number of hydrogen-bond acceptors (Lipinski definition) is 5. The summed E-state index contributed by atoms with van der Waals surface area (Å²) in [5, 5.41) is 13.2. The Morgan fingerprint density at radius 3 is 2.48 bits per heavy atom. The third kappa shape index (κ3) is 6.17. The van der Waals surface area contributed by atoms with Gasteiger partial charge in [-0.2, -0.15) is 0 Å². The lowest BCUT2D eigenvalue weighted by molar-refractivity contribution is -0.121. The first kappa shape index (κ1) is 27.4. The third-order valence-corrected chi connectivity index (χ3v) is 7.56. The lowest BCUT2D eigenvalue weighted by atomic mass is 10.0. The summed E-state index contributed by atoms with van der Waals surface area (Å²) in [6.07, 6.45) is -1.90. The van der Waals surface area contributed by atoms with Gasteiger partial charge >= 0.3 is 0 Å². The summed E-state index contributed by atoms with van der Waals surface area (Å²) in [5.74, 6) is 0.502. The molecule has 7 nitrogen and oxygen atoms in total. The highest BCUT2D eigenvalue weighted by Gasteiger charge is 2.26. The molecule has 0 aliphatic rings. The second-order valence-electron chi connectivity index (χ2n) is 9.34. The average Bonchev–Trinajstić information content (AvgIpc) is 3.53. The zero-order chi connectivity index (χ0) is 28.1. The average molecular weight is 562 g/mol. The van der Waals surface area contributed by atoms with Gasteiger partial charge in [-0.15, -0.1) is 10.2 Å². The van der Waals surface area contributed by atoms with Crippen LogP contribution >= 0.6 is 11.8 Å². The number of carbonyl (C=O) groups is 1. The second kappa shape index (κ2) is 12.3. The molecule has 0 saturated heterocycles. The molecule has 0 fully saturated rings. The molecule has 2 heterocycles. The molecule has 0 aliphatic heterocycles. The zero-order valence-electron chi connectivity index (χ0n) is 22.1. The Balaban J connectivity index is 1.51. The van der Waals surface area contributed by atoms with Gasteiger partial charge in [-0.05, 0) is 54.8 Å². The van der Waals surface area contributed by atoms with Crippen molar-refractivity contribution < 1.29 is 18.3 Å². The quantitative estimate of drug-likeness (QED) is 0.191. The molecule has 0 aliphatic carbocycles. The van der Waals surface area contributed by atoms with E-state index in [-0.39, 0.29) is 12.3 Å². The van der Waals surface area contributed by atoms with Gasteiger partial charge in [0, 0.05) is 22.3 Å². The van der Waals surface area contributed by atoms with Crippen LogP contribution in [-0.4, -0.2) is 44.9 Å². The first-order valence-corrected chi connectivity index (χ1v) is 13.8. The van der Waals surface area contributed by atoms with Crippen molar-refractivity contribution in [3.63, 3.8) is 0 Å².